The lowest BCUT2D eigenvalue weighted by molar-refractivity contribution is 0.0544. The van der Waals surface area contributed by atoms with Gasteiger partial charge in [0.2, 0.25) is 0 Å². The lowest BCUT2D eigenvalue weighted by Gasteiger charge is -2.38. The SMILES string of the molecule is CCCCN1CCC(N(Cc2cccnc2)C(=O)c2n[nH]c3ccc(F)cc23)CC1. The first kappa shape index (κ1) is 20.5. The Morgan fingerprint density at radius 3 is 2.87 bits per heavy atom. The Morgan fingerprint density at radius 1 is 1.30 bits per heavy atom. The average molecular weight is 410 g/mol. The van der Waals surface area contributed by atoms with Crippen LogP contribution in [0.3, 0.4) is 0 Å². The third-order valence-electron chi connectivity index (χ3n) is 5.89. The fraction of sp³-hybridized carbons (Fsp3) is 0.435. The van der Waals surface area contributed by atoms with E-state index in [2.05, 4.69) is 27.0 Å². The number of unbranched alkanes of at least 4 members (excludes halogenated alkanes) is 1. The molecule has 1 aliphatic heterocycles. The fourth-order valence-corrected chi connectivity index (χ4v) is 4.18. The molecule has 1 aliphatic rings. The molecule has 0 spiro atoms. The van der Waals surface area contributed by atoms with Crippen LogP contribution in [0.1, 0.15) is 48.7 Å². The summed E-state index contributed by atoms with van der Waals surface area (Å²) in [6.07, 6.45) is 7.76. The first-order chi connectivity index (χ1) is 14.7. The Kier molecular flexibility index (Phi) is 6.38. The molecule has 0 aliphatic carbocycles. The van der Waals surface area contributed by atoms with Gasteiger partial charge in [-0.1, -0.05) is 19.4 Å². The summed E-state index contributed by atoms with van der Waals surface area (Å²) in [5, 5.41) is 7.63. The number of nitrogens with one attached hydrogen (secondary N) is 1. The molecule has 3 aromatic rings. The summed E-state index contributed by atoms with van der Waals surface area (Å²) in [6.45, 7) is 5.76. The van der Waals surface area contributed by atoms with Crippen LogP contribution in [0, 0.1) is 5.82 Å². The topological polar surface area (TPSA) is 65.1 Å². The highest BCUT2D eigenvalue weighted by molar-refractivity contribution is 6.04. The van der Waals surface area contributed by atoms with Crippen LogP contribution in [-0.4, -0.2) is 56.6 Å². The number of halogens is 1. The molecule has 1 fully saturated rings. The molecule has 7 heteroatoms. The zero-order valence-corrected chi connectivity index (χ0v) is 17.4. The van der Waals surface area contributed by atoms with Crippen molar-refractivity contribution in [3.8, 4) is 0 Å². The van der Waals surface area contributed by atoms with E-state index >= 15 is 0 Å². The second-order valence-corrected chi connectivity index (χ2v) is 7.98. The molecular weight excluding hydrogens is 381 g/mol. The highest BCUT2D eigenvalue weighted by Crippen LogP contribution is 2.24. The number of pyridine rings is 1. The molecule has 4 rings (SSSR count). The number of fused-ring (bicyclic) bond motifs is 1. The van der Waals surface area contributed by atoms with Crippen LogP contribution in [0.5, 0.6) is 0 Å². The van der Waals surface area contributed by atoms with Crippen molar-refractivity contribution in [2.45, 2.75) is 45.2 Å². The van der Waals surface area contributed by atoms with Gasteiger partial charge in [0, 0.05) is 43.5 Å². The molecule has 1 amide bonds. The first-order valence-corrected chi connectivity index (χ1v) is 10.7. The minimum atomic E-state index is -0.374. The van der Waals surface area contributed by atoms with Crippen molar-refractivity contribution in [2.24, 2.45) is 0 Å². The van der Waals surface area contributed by atoms with E-state index in [0.29, 0.717) is 17.4 Å². The lowest BCUT2D eigenvalue weighted by Crippen LogP contribution is -2.47. The molecule has 0 bridgehead atoms. The van der Waals surface area contributed by atoms with Gasteiger partial charge in [-0.3, -0.25) is 14.9 Å². The van der Waals surface area contributed by atoms with Gasteiger partial charge in [-0.25, -0.2) is 4.39 Å². The molecule has 158 valence electrons. The number of carbonyl (C=O) groups is 1. The quantitative estimate of drug-likeness (QED) is 0.641. The largest absolute Gasteiger partial charge is 0.330 e. The van der Waals surface area contributed by atoms with Gasteiger partial charge in [0.25, 0.3) is 5.91 Å². The number of nitrogens with zero attached hydrogens (tertiary/aromatic N) is 4. The van der Waals surface area contributed by atoms with Gasteiger partial charge in [-0.2, -0.15) is 5.10 Å². The Hall–Kier alpha value is -2.80. The van der Waals surface area contributed by atoms with Crippen molar-refractivity contribution < 1.29 is 9.18 Å². The van der Waals surface area contributed by atoms with E-state index in [1.54, 1.807) is 18.5 Å². The van der Waals surface area contributed by atoms with Gasteiger partial charge in [-0.15, -0.1) is 0 Å². The van der Waals surface area contributed by atoms with Crippen molar-refractivity contribution in [3.05, 3.63) is 59.8 Å². The maximum absolute atomic E-state index is 13.8. The van der Waals surface area contributed by atoms with Gasteiger partial charge in [0.05, 0.1) is 5.52 Å². The molecule has 1 aromatic carbocycles. The molecule has 1 N–H and O–H groups in total. The van der Waals surface area contributed by atoms with Crippen LogP contribution in [0.2, 0.25) is 0 Å². The highest BCUT2D eigenvalue weighted by atomic mass is 19.1. The number of H-pyrrole nitrogens is 1. The predicted molar refractivity (Wildman–Crippen MR) is 115 cm³/mol. The zero-order chi connectivity index (χ0) is 20.9. The summed E-state index contributed by atoms with van der Waals surface area (Å²) in [5.74, 6) is -0.538. The summed E-state index contributed by atoms with van der Waals surface area (Å²) in [7, 11) is 0. The molecule has 30 heavy (non-hydrogen) atoms. The van der Waals surface area contributed by atoms with E-state index in [-0.39, 0.29) is 23.5 Å². The molecule has 2 aromatic heterocycles. The summed E-state index contributed by atoms with van der Waals surface area (Å²) in [6, 6.07) is 8.34. The molecule has 0 unspecified atom stereocenters. The monoisotopic (exact) mass is 409 g/mol. The fourth-order valence-electron chi connectivity index (χ4n) is 4.18. The Bertz CT molecular complexity index is 982. The van der Waals surface area contributed by atoms with E-state index in [1.165, 1.54) is 25.0 Å². The van der Waals surface area contributed by atoms with Gasteiger partial charge in [-0.05, 0) is 55.6 Å². The number of hydrogen-bond donors (Lipinski definition) is 1. The summed E-state index contributed by atoms with van der Waals surface area (Å²) in [5.41, 5.74) is 1.92. The van der Waals surface area contributed by atoms with Crippen molar-refractivity contribution in [1.82, 2.24) is 25.0 Å². The maximum atomic E-state index is 13.8. The van der Waals surface area contributed by atoms with E-state index in [4.69, 9.17) is 0 Å². The normalized spacial score (nSPS) is 15.5. The van der Waals surface area contributed by atoms with Gasteiger partial charge < -0.3 is 9.80 Å². The Morgan fingerprint density at radius 2 is 2.13 bits per heavy atom. The van der Waals surface area contributed by atoms with E-state index in [0.717, 1.165) is 38.0 Å². The number of benzene rings is 1. The van der Waals surface area contributed by atoms with E-state index < -0.39 is 0 Å². The second kappa shape index (κ2) is 9.34. The molecule has 1 saturated heterocycles. The standard InChI is InChI=1S/C23H28FN5O/c1-2-3-11-28-12-8-19(9-13-28)29(16-17-5-4-10-25-15-17)23(30)22-20-14-18(24)6-7-21(20)26-27-22/h4-7,10,14-15,19H,2-3,8-9,11-13,16H2,1H3,(H,26,27). The third-order valence-corrected chi connectivity index (χ3v) is 5.89. The Balaban J connectivity index is 1.58. The number of carbonyl (C=O) groups excluding carboxylic acids is 1. The van der Waals surface area contributed by atoms with E-state index in [9.17, 15) is 9.18 Å². The Labute approximate surface area is 176 Å². The summed E-state index contributed by atoms with van der Waals surface area (Å²) in [4.78, 5) is 22.1. The number of aromatic amines is 1. The summed E-state index contributed by atoms with van der Waals surface area (Å²) < 4.78 is 13.8. The first-order valence-electron chi connectivity index (χ1n) is 10.7. The second-order valence-electron chi connectivity index (χ2n) is 7.98. The van der Waals surface area contributed by atoms with Crippen LogP contribution in [0.25, 0.3) is 10.9 Å². The number of rotatable bonds is 7. The van der Waals surface area contributed by atoms with Crippen molar-refractivity contribution in [2.75, 3.05) is 19.6 Å². The van der Waals surface area contributed by atoms with Gasteiger partial charge in [0.1, 0.15) is 5.82 Å². The molecule has 0 radical (unpaired) electrons. The van der Waals surface area contributed by atoms with Crippen molar-refractivity contribution in [3.63, 3.8) is 0 Å². The minimum absolute atomic E-state index is 0.121. The van der Waals surface area contributed by atoms with Gasteiger partial charge >= 0.3 is 0 Å². The van der Waals surface area contributed by atoms with Crippen LogP contribution < -0.4 is 0 Å². The number of piperidine rings is 1. The maximum Gasteiger partial charge on any atom is 0.275 e. The molecule has 3 heterocycles. The smallest absolute Gasteiger partial charge is 0.275 e. The van der Waals surface area contributed by atoms with Crippen LogP contribution in [-0.2, 0) is 6.54 Å². The molecule has 6 nitrogen and oxygen atoms in total. The molecule has 0 saturated carbocycles. The third kappa shape index (κ3) is 4.51. The number of amides is 1. The van der Waals surface area contributed by atoms with Gasteiger partial charge in [0.15, 0.2) is 5.69 Å². The number of likely N-dealkylation sites (tertiary alicyclic amines) is 1. The van der Waals surface area contributed by atoms with Crippen molar-refractivity contribution in [1.29, 1.82) is 0 Å². The number of hydrogen-bond acceptors (Lipinski definition) is 4. The minimum Gasteiger partial charge on any atom is -0.330 e. The highest BCUT2D eigenvalue weighted by Gasteiger charge is 2.30. The number of aromatic nitrogens is 3. The average Bonchev–Trinajstić information content (AvgIpc) is 3.20. The van der Waals surface area contributed by atoms with E-state index in [1.807, 2.05) is 17.0 Å². The summed E-state index contributed by atoms with van der Waals surface area (Å²) >= 11 is 0. The van der Waals surface area contributed by atoms with Crippen LogP contribution >= 0.6 is 0 Å². The molecular formula is C23H28FN5O. The van der Waals surface area contributed by atoms with Crippen molar-refractivity contribution >= 4 is 16.8 Å². The molecule has 0 atom stereocenters. The van der Waals surface area contributed by atoms with Crippen LogP contribution in [0.15, 0.2) is 42.7 Å². The van der Waals surface area contributed by atoms with Crippen LogP contribution in [0.4, 0.5) is 4.39 Å². The predicted octanol–water partition coefficient (Wildman–Crippen LogP) is 4.00. The zero-order valence-electron chi connectivity index (χ0n) is 17.4. The lowest BCUT2D eigenvalue weighted by atomic mass is 10.0.